The van der Waals surface area contributed by atoms with E-state index in [0.717, 1.165) is 11.3 Å². The minimum absolute atomic E-state index is 0.0898. The molecule has 0 amide bonds. The minimum atomic E-state index is -3.73. The van der Waals surface area contributed by atoms with Gasteiger partial charge in [0.05, 0.1) is 5.92 Å². The van der Waals surface area contributed by atoms with Crippen molar-refractivity contribution in [2.75, 3.05) is 6.54 Å². The van der Waals surface area contributed by atoms with Crippen LogP contribution in [0.15, 0.2) is 16.3 Å². The second kappa shape index (κ2) is 5.52. The van der Waals surface area contributed by atoms with Crippen molar-refractivity contribution in [2.45, 2.75) is 30.0 Å². The first-order valence-corrected chi connectivity index (χ1v) is 8.38. The van der Waals surface area contributed by atoms with E-state index in [1.165, 1.54) is 16.4 Å². The molecule has 1 aromatic heterocycles. The summed E-state index contributed by atoms with van der Waals surface area (Å²) in [6.45, 7) is 1.93. The van der Waals surface area contributed by atoms with Crippen LogP contribution in [0.2, 0.25) is 0 Å². The molecular formula is C12H14N2O4S2. The van der Waals surface area contributed by atoms with E-state index in [-0.39, 0.29) is 4.21 Å². The van der Waals surface area contributed by atoms with Gasteiger partial charge in [0, 0.05) is 12.6 Å². The predicted octanol–water partition coefficient (Wildman–Crippen LogP) is 1.49. The quantitative estimate of drug-likeness (QED) is 0.911. The Hall–Kier alpha value is -1.43. The number of hydrogen-bond acceptors (Lipinski definition) is 5. The Morgan fingerprint density at radius 1 is 1.55 bits per heavy atom. The molecule has 2 heterocycles. The van der Waals surface area contributed by atoms with Crippen molar-refractivity contribution in [1.82, 2.24) is 4.31 Å². The van der Waals surface area contributed by atoms with Crippen LogP contribution >= 0.6 is 11.3 Å². The third kappa shape index (κ3) is 2.57. The van der Waals surface area contributed by atoms with Gasteiger partial charge in [-0.15, -0.1) is 11.3 Å². The average molecular weight is 314 g/mol. The minimum Gasteiger partial charge on any atom is -0.481 e. The first-order chi connectivity index (χ1) is 9.37. The molecule has 8 heteroatoms. The summed E-state index contributed by atoms with van der Waals surface area (Å²) in [5, 5.41) is 17.9. The van der Waals surface area contributed by atoms with Gasteiger partial charge in [0.15, 0.2) is 0 Å². The zero-order chi connectivity index (χ0) is 14.9. The Morgan fingerprint density at radius 3 is 2.80 bits per heavy atom. The highest BCUT2D eigenvalue weighted by Gasteiger charge is 2.40. The van der Waals surface area contributed by atoms with E-state index in [4.69, 9.17) is 10.4 Å². The van der Waals surface area contributed by atoms with Gasteiger partial charge in [0.1, 0.15) is 15.2 Å². The molecule has 2 atom stereocenters. The van der Waals surface area contributed by atoms with E-state index in [1.807, 2.05) is 6.07 Å². The van der Waals surface area contributed by atoms with Crippen molar-refractivity contribution in [2.24, 2.45) is 5.92 Å². The summed E-state index contributed by atoms with van der Waals surface area (Å²) in [6, 6.07) is 4.18. The zero-order valence-electron chi connectivity index (χ0n) is 10.8. The highest BCUT2D eigenvalue weighted by molar-refractivity contribution is 7.91. The molecule has 0 bridgehead atoms. The molecule has 1 N–H and O–H groups in total. The van der Waals surface area contributed by atoms with Crippen LogP contribution in [-0.4, -0.2) is 36.4 Å². The maximum Gasteiger partial charge on any atom is 0.308 e. The monoisotopic (exact) mass is 314 g/mol. The Morgan fingerprint density at radius 2 is 2.25 bits per heavy atom. The van der Waals surface area contributed by atoms with Gasteiger partial charge in [0.2, 0.25) is 0 Å². The number of thiophene rings is 1. The van der Waals surface area contributed by atoms with Crippen LogP contribution in [0.3, 0.4) is 0 Å². The van der Waals surface area contributed by atoms with Gasteiger partial charge in [0.25, 0.3) is 10.0 Å². The Labute approximate surface area is 121 Å². The van der Waals surface area contributed by atoms with Gasteiger partial charge in [-0.05, 0) is 31.9 Å². The molecule has 0 spiro atoms. The second-order valence-corrected chi connectivity index (χ2v) is 7.87. The van der Waals surface area contributed by atoms with Crippen molar-refractivity contribution < 1.29 is 18.3 Å². The SMILES string of the molecule is C[C@@H]1[C@H](C(=O)O)CCCN1S(=O)(=O)c1ccc(C#N)s1. The molecule has 1 saturated heterocycles. The first kappa shape index (κ1) is 15.0. The molecule has 1 aliphatic rings. The summed E-state index contributed by atoms with van der Waals surface area (Å²) in [4.78, 5) is 11.5. The Bertz CT molecular complexity index is 659. The molecule has 0 saturated carbocycles. The number of carboxylic acid groups (broad SMARTS) is 1. The summed E-state index contributed by atoms with van der Waals surface area (Å²) < 4.78 is 26.4. The number of piperidine rings is 1. The maximum atomic E-state index is 12.5. The molecule has 108 valence electrons. The van der Waals surface area contributed by atoms with Crippen LogP contribution in [0, 0.1) is 17.2 Å². The number of nitriles is 1. The average Bonchev–Trinajstić information content (AvgIpc) is 2.87. The Kier molecular flexibility index (Phi) is 4.13. The van der Waals surface area contributed by atoms with Crippen molar-refractivity contribution in [3.05, 3.63) is 17.0 Å². The fraction of sp³-hybridized carbons (Fsp3) is 0.500. The number of sulfonamides is 1. The first-order valence-electron chi connectivity index (χ1n) is 6.12. The van der Waals surface area contributed by atoms with E-state index in [2.05, 4.69) is 0 Å². The van der Waals surface area contributed by atoms with Gasteiger partial charge in [-0.1, -0.05) is 0 Å². The second-order valence-electron chi connectivity index (χ2n) is 4.67. The van der Waals surface area contributed by atoms with E-state index in [9.17, 15) is 13.2 Å². The van der Waals surface area contributed by atoms with Crippen molar-refractivity contribution in [3.63, 3.8) is 0 Å². The van der Waals surface area contributed by atoms with Crippen LogP contribution in [0.1, 0.15) is 24.6 Å². The number of rotatable bonds is 3. The van der Waals surface area contributed by atoms with Crippen molar-refractivity contribution in [1.29, 1.82) is 5.26 Å². The van der Waals surface area contributed by atoms with Gasteiger partial charge < -0.3 is 5.11 Å². The van der Waals surface area contributed by atoms with Crippen molar-refractivity contribution >= 4 is 27.3 Å². The summed E-state index contributed by atoms with van der Waals surface area (Å²) in [5.41, 5.74) is 0. The summed E-state index contributed by atoms with van der Waals surface area (Å²) in [5.74, 6) is -1.66. The highest BCUT2D eigenvalue weighted by atomic mass is 32.2. The molecule has 1 fully saturated rings. The molecule has 0 aromatic carbocycles. The highest BCUT2D eigenvalue weighted by Crippen LogP contribution is 2.32. The van der Waals surface area contributed by atoms with E-state index >= 15 is 0 Å². The van der Waals surface area contributed by atoms with Crippen molar-refractivity contribution in [3.8, 4) is 6.07 Å². The van der Waals surface area contributed by atoms with Gasteiger partial charge in [-0.3, -0.25) is 4.79 Å². The van der Waals surface area contributed by atoms with Gasteiger partial charge in [-0.25, -0.2) is 8.42 Å². The molecule has 20 heavy (non-hydrogen) atoms. The molecule has 0 radical (unpaired) electrons. The van der Waals surface area contributed by atoms with Gasteiger partial charge >= 0.3 is 5.97 Å². The largest absolute Gasteiger partial charge is 0.481 e. The summed E-state index contributed by atoms with van der Waals surface area (Å²) in [7, 11) is -3.73. The molecule has 1 aromatic rings. The fourth-order valence-electron chi connectivity index (χ4n) is 2.42. The lowest BCUT2D eigenvalue weighted by Gasteiger charge is -2.35. The molecule has 2 rings (SSSR count). The molecule has 6 nitrogen and oxygen atoms in total. The third-order valence-electron chi connectivity index (χ3n) is 3.50. The molecule has 0 unspecified atom stereocenters. The van der Waals surface area contributed by atoms with Crippen LogP contribution in [0.5, 0.6) is 0 Å². The van der Waals surface area contributed by atoms with Crippen LogP contribution < -0.4 is 0 Å². The number of aliphatic carboxylic acids is 1. The molecule has 0 aliphatic carbocycles. The molecule has 1 aliphatic heterocycles. The number of carbonyl (C=O) groups is 1. The number of nitrogens with zero attached hydrogens (tertiary/aromatic N) is 2. The summed E-state index contributed by atoms with van der Waals surface area (Å²) >= 11 is 0.907. The van der Waals surface area contributed by atoms with E-state index < -0.39 is 28.0 Å². The number of carboxylic acids is 1. The zero-order valence-corrected chi connectivity index (χ0v) is 12.4. The van der Waals surface area contributed by atoms with Crippen LogP contribution in [0.4, 0.5) is 0 Å². The lowest BCUT2D eigenvalue weighted by molar-refractivity contribution is -0.144. The van der Waals surface area contributed by atoms with Crippen LogP contribution in [0.25, 0.3) is 0 Å². The molecular weight excluding hydrogens is 300 g/mol. The Balaban J connectivity index is 2.34. The van der Waals surface area contributed by atoms with E-state index in [1.54, 1.807) is 6.92 Å². The lowest BCUT2D eigenvalue weighted by atomic mass is 9.92. The van der Waals surface area contributed by atoms with Gasteiger partial charge in [-0.2, -0.15) is 9.57 Å². The summed E-state index contributed by atoms with van der Waals surface area (Å²) in [6.07, 6.45) is 1.01. The van der Waals surface area contributed by atoms with E-state index in [0.29, 0.717) is 24.3 Å². The predicted molar refractivity (Wildman–Crippen MR) is 72.7 cm³/mol. The smallest absolute Gasteiger partial charge is 0.308 e. The topological polar surface area (TPSA) is 98.5 Å². The lowest BCUT2D eigenvalue weighted by Crippen LogP contribution is -2.48. The normalized spacial score (nSPS) is 24.2. The standard InChI is InChI=1S/C12H14N2O4S2/c1-8-10(12(15)16)3-2-6-14(8)20(17,18)11-5-4-9(7-13)19-11/h4-5,8,10H,2-3,6H2,1H3,(H,15,16)/t8-,10-/m1/s1. The van der Waals surface area contributed by atoms with Crippen LogP contribution in [-0.2, 0) is 14.8 Å². The maximum absolute atomic E-state index is 12.5. The number of hydrogen-bond donors (Lipinski definition) is 1. The third-order valence-corrected chi connectivity index (χ3v) is 6.95. The fourth-order valence-corrected chi connectivity index (χ4v) is 5.35.